The zero-order valence-corrected chi connectivity index (χ0v) is 9.19. The summed E-state index contributed by atoms with van der Waals surface area (Å²) in [6.45, 7) is 4.00. The second kappa shape index (κ2) is 4.35. The van der Waals surface area contributed by atoms with E-state index in [-0.39, 0.29) is 18.4 Å². The first kappa shape index (κ1) is 11.6. The van der Waals surface area contributed by atoms with Gasteiger partial charge in [-0.15, -0.1) is 5.10 Å². The fourth-order valence-electron chi connectivity index (χ4n) is 0.984. The van der Waals surface area contributed by atoms with E-state index in [2.05, 4.69) is 20.7 Å². The number of anilines is 1. The Morgan fingerprint density at radius 2 is 2.33 bits per heavy atom. The number of nitrogens with one attached hydrogen (secondary N) is 1. The molecule has 1 aromatic heterocycles. The Kier molecular flexibility index (Phi) is 3.35. The van der Waals surface area contributed by atoms with Crippen molar-refractivity contribution in [3.63, 3.8) is 0 Å². The number of amides is 1. The van der Waals surface area contributed by atoms with Crippen LogP contribution in [0.3, 0.4) is 0 Å². The van der Waals surface area contributed by atoms with Gasteiger partial charge in [-0.3, -0.25) is 10.1 Å². The standard InChI is InChI=1S/C8H16N6O/c1-4-8(2,5-9)6(15)10-7-11-13-14(3)12-7/h4-5,9H2,1-3H3,(H,10,12,15). The number of hydrogen-bond donors (Lipinski definition) is 2. The molecule has 1 aromatic rings. The number of hydrogen-bond acceptors (Lipinski definition) is 5. The first-order valence-electron chi connectivity index (χ1n) is 4.77. The maximum atomic E-state index is 11.8. The average Bonchev–Trinajstić information content (AvgIpc) is 2.62. The molecule has 0 fully saturated rings. The number of aryl methyl sites for hydroxylation is 1. The van der Waals surface area contributed by atoms with Crippen molar-refractivity contribution in [1.29, 1.82) is 0 Å². The Morgan fingerprint density at radius 3 is 2.73 bits per heavy atom. The molecule has 0 aliphatic carbocycles. The summed E-state index contributed by atoms with van der Waals surface area (Å²) in [6, 6.07) is 0. The number of aromatic nitrogens is 4. The highest BCUT2D eigenvalue weighted by Gasteiger charge is 2.30. The summed E-state index contributed by atoms with van der Waals surface area (Å²) in [7, 11) is 1.63. The summed E-state index contributed by atoms with van der Waals surface area (Å²) in [5.41, 5.74) is 4.97. The third-order valence-electron chi connectivity index (χ3n) is 2.51. The molecule has 1 unspecified atom stereocenters. The zero-order valence-electron chi connectivity index (χ0n) is 9.19. The van der Waals surface area contributed by atoms with Crippen LogP contribution in [-0.2, 0) is 11.8 Å². The Labute approximate surface area is 88.0 Å². The molecule has 1 amide bonds. The van der Waals surface area contributed by atoms with Gasteiger partial charge >= 0.3 is 0 Å². The number of tetrazole rings is 1. The molecule has 15 heavy (non-hydrogen) atoms. The summed E-state index contributed by atoms with van der Waals surface area (Å²) < 4.78 is 0. The molecule has 0 radical (unpaired) electrons. The highest BCUT2D eigenvalue weighted by molar-refractivity contribution is 5.93. The smallest absolute Gasteiger partial charge is 0.270 e. The molecule has 1 heterocycles. The van der Waals surface area contributed by atoms with Crippen LogP contribution in [-0.4, -0.2) is 32.7 Å². The van der Waals surface area contributed by atoms with E-state index in [1.54, 1.807) is 14.0 Å². The summed E-state index contributed by atoms with van der Waals surface area (Å²) in [5.74, 6) is 0.0242. The van der Waals surface area contributed by atoms with Crippen LogP contribution < -0.4 is 11.1 Å². The van der Waals surface area contributed by atoms with Crippen LogP contribution in [0, 0.1) is 5.41 Å². The maximum Gasteiger partial charge on any atom is 0.270 e. The Morgan fingerprint density at radius 1 is 1.67 bits per heavy atom. The van der Waals surface area contributed by atoms with E-state index in [0.717, 1.165) is 0 Å². The van der Waals surface area contributed by atoms with E-state index < -0.39 is 5.41 Å². The molecule has 84 valence electrons. The molecule has 3 N–H and O–H groups in total. The van der Waals surface area contributed by atoms with Crippen LogP contribution in [0.25, 0.3) is 0 Å². The third kappa shape index (κ3) is 2.50. The van der Waals surface area contributed by atoms with E-state index >= 15 is 0 Å². The van der Waals surface area contributed by atoms with Crippen molar-refractivity contribution in [1.82, 2.24) is 20.2 Å². The molecule has 0 saturated carbocycles. The van der Waals surface area contributed by atoms with Crippen LogP contribution >= 0.6 is 0 Å². The molecule has 1 atom stereocenters. The molecular formula is C8H16N6O. The minimum absolute atomic E-state index is 0.180. The Bertz CT molecular complexity index is 343. The number of nitrogens with zero attached hydrogens (tertiary/aromatic N) is 4. The van der Waals surface area contributed by atoms with Crippen molar-refractivity contribution in [3.05, 3.63) is 0 Å². The lowest BCUT2D eigenvalue weighted by molar-refractivity contribution is -0.124. The Balaban J connectivity index is 2.70. The van der Waals surface area contributed by atoms with Crippen LogP contribution in [0.15, 0.2) is 0 Å². The minimum atomic E-state index is -0.584. The topological polar surface area (TPSA) is 98.7 Å². The number of carbonyl (C=O) groups is 1. The maximum absolute atomic E-state index is 11.8. The van der Waals surface area contributed by atoms with Crippen LogP contribution in [0.2, 0.25) is 0 Å². The third-order valence-corrected chi connectivity index (χ3v) is 2.51. The lowest BCUT2D eigenvalue weighted by Gasteiger charge is -2.23. The SMILES string of the molecule is CCC(C)(CN)C(=O)Nc1nnn(C)n1. The zero-order chi connectivity index (χ0) is 11.5. The summed E-state index contributed by atoms with van der Waals surface area (Å²) in [5, 5.41) is 13.7. The van der Waals surface area contributed by atoms with E-state index in [0.29, 0.717) is 6.42 Å². The molecular weight excluding hydrogens is 196 g/mol. The van der Waals surface area contributed by atoms with Gasteiger partial charge in [-0.1, -0.05) is 12.0 Å². The largest absolute Gasteiger partial charge is 0.329 e. The molecule has 0 aromatic carbocycles. The van der Waals surface area contributed by atoms with Gasteiger partial charge in [0.2, 0.25) is 5.91 Å². The average molecular weight is 212 g/mol. The first-order valence-corrected chi connectivity index (χ1v) is 4.77. The van der Waals surface area contributed by atoms with Gasteiger partial charge in [-0.25, -0.2) is 0 Å². The van der Waals surface area contributed by atoms with E-state index in [1.165, 1.54) is 4.80 Å². The van der Waals surface area contributed by atoms with Gasteiger partial charge in [0.1, 0.15) is 0 Å². The summed E-state index contributed by atoms with van der Waals surface area (Å²) in [6.07, 6.45) is 0.662. The van der Waals surface area contributed by atoms with Crippen molar-refractivity contribution in [2.45, 2.75) is 20.3 Å². The van der Waals surface area contributed by atoms with Crippen molar-refractivity contribution in [2.24, 2.45) is 18.2 Å². The molecule has 0 bridgehead atoms. The van der Waals surface area contributed by atoms with Gasteiger partial charge in [-0.05, 0) is 18.6 Å². The van der Waals surface area contributed by atoms with Gasteiger partial charge in [0.05, 0.1) is 12.5 Å². The van der Waals surface area contributed by atoms with Crippen LogP contribution in [0.4, 0.5) is 5.95 Å². The van der Waals surface area contributed by atoms with Gasteiger partial charge in [0.25, 0.3) is 5.95 Å². The second-order valence-corrected chi connectivity index (χ2v) is 3.67. The van der Waals surface area contributed by atoms with E-state index in [4.69, 9.17) is 5.73 Å². The highest BCUT2D eigenvalue weighted by atomic mass is 16.2. The predicted molar refractivity (Wildman–Crippen MR) is 54.9 cm³/mol. The molecule has 7 heteroatoms. The molecule has 0 aliphatic heterocycles. The van der Waals surface area contributed by atoms with E-state index in [9.17, 15) is 4.79 Å². The molecule has 7 nitrogen and oxygen atoms in total. The summed E-state index contributed by atoms with van der Waals surface area (Å²) >= 11 is 0. The molecule has 0 spiro atoms. The van der Waals surface area contributed by atoms with Crippen LogP contribution in [0.1, 0.15) is 20.3 Å². The molecule has 0 saturated heterocycles. The highest BCUT2D eigenvalue weighted by Crippen LogP contribution is 2.20. The monoisotopic (exact) mass is 212 g/mol. The number of rotatable bonds is 4. The van der Waals surface area contributed by atoms with Gasteiger partial charge in [0.15, 0.2) is 0 Å². The fourth-order valence-corrected chi connectivity index (χ4v) is 0.984. The quantitative estimate of drug-likeness (QED) is 0.702. The predicted octanol–water partition coefficient (Wildman–Crippen LogP) is -0.476. The molecule has 0 aliphatic rings. The first-order chi connectivity index (χ1) is 7.01. The summed E-state index contributed by atoms with van der Waals surface area (Å²) in [4.78, 5) is 13.1. The van der Waals surface area contributed by atoms with Gasteiger partial charge in [-0.2, -0.15) is 4.80 Å². The van der Waals surface area contributed by atoms with E-state index in [1.807, 2.05) is 6.92 Å². The fraction of sp³-hybridized carbons (Fsp3) is 0.750. The van der Waals surface area contributed by atoms with Crippen molar-refractivity contribution in [3.8, 4) is 0 Å². The number of nitrogens with two attached hydrogens (primary N) is 1. The lowest BCUT2D eigenvalue weighted by atomic mass is 9.87. The van der Waals surface area contributed by atoms with Crippen molar-refractivity contribution < 1.29 is 4.79 Å². The molecule has 1 rings (SSSR count). The number of carbonyl (C=O) groups excluding carboxylic acids is 1. The minimum Gasteiger partial charge on any atom is -0.329 e. The van der Waals surface area contributed by atoms with Crippen LogP contribution in [0.5, 0.6) is 0 Å². The van der Waals surface area contributed by atoms with Crippen molar-refractivity contribution >= 4 is 11.9 Å². The van der Waals surface area contributed by atoms with Gasteiger partial charge in [0, 0.05) is 6.54 Å². The van der Waals surface area contributed by atoms with Crippen molar-refractivity contribution in [2.75, 3.05) is 11.9 Å². The Hall–Kier alpha value is -1.50. The normalized spacial score (nSPS) is 14.7. The second-order valence-electron chi connectivity index (χ2n) is 3.67. The van der Waals surface area contributed by atoms with Gasteiger partial charge < -0.3 is 5.73 Å². The lowest BCUT2D eigenvalue weighted by Crippen LogP contribution is -2.39.